The lowest BCUT2D eigenvalue weighted by Crippen LogP contribution is -2.36. The van der Waals surface area contributed by atoms with Crippen molar-refractivity contribution < 1.29 is 4.74 Å². The van der Waals surface area contributed by atoms with E-state index in [4.69, 9.17) is 4.74 Å². The molecule has 1 saturated heterocycles. The maximum atomic E-state index is 5.39. The van der Waals surface area contributed by atoms with Gasteiger partial charge in [-0.05, 0) is 49.1 Å². The van der Waals surface area contributed by atoms with Crippen molar-refractivity contribution in [2.24, 2.45) is 0 Å². The SMILES string of the molecule is c1ccc(SCc2ccc(CCCCN3CCOCC3)cc2)cc1. The normalized spacial score (nSPS) is 15.5. The number of morpholine rings is 1. The van der Waals surface area contributed by atoms with Crippen LogP contribution in [0.5, 0.6) is 0 Å². The summed E-state index contributed by atoms with van der Waals surface area (Å²) >= 11 is 1.90. The molecule has 128 valence electrons. The summed E-state index contributed by atoms with van der Waals surface area (Å²) in [6.45, 7) is 5.24. The number of thioether (sulfide) groups is 1. The Kier molecular flexibility index (Phi) is 7.21. The highest BCUT2D eigenvalue weighted by Crippen LogP contribution is 2.22. The standard InChI is InChI=1S/C21H27NOS/c1-2-7-21(8-3-1)24-18-20-11-9-19(10-12-20)6-4-5-13-22-14-16-23-17-15-22/h1-3,7-12H,4-6,13-18H2. The fourth-order valence-corrected chi connectivity index (χ4v) is 3.85. The molecule has 0 aromatic heterocycles. The van der Waals surface area contributed by atoms with E-state index in [1.165, 1.54) is 41.8 Å². The molecule has 0 radical (unpaired) electrons. The molecule has 0 bridgehead atoms. The van der Waals surface area contributed by atoms with Gasteiger partial charge in [-0.2, -0.15) is 0 Å². The zero-order chi connectivity index (χ0) is 16.5. The first-order chi connectivity index (χ1) is 11.9. The molecule has 1 heterocycles. The third-order valence-electron chi connectivity index (χ3n) is 4.47. The fraction of sp³-hybridized carbons (Fsp3) is 0.429. The van der Waals surface area contributed by atoms with Crippen LogP contribution >= 0.6 is 11.8 Å². The average molecular weight is 342 g/mol. The molecular weight excluding hydrogens is 314 g/mol. The highest BCUT2D eigenvalue weighted by molar-refractivity contribution is 7.98. The van der Waals surface area contributed by atoms with Crippen LogP contribution < -0.4 is 0 Å². The van der Waals surface area contributed by atoms with E-state index in [9.17, 15) is 0 Å². The monoisotopic (exact) mass is 341 g/mol. The Bertz CT molecular complexity index is 579. The van der Waals surface area contributed by atoms with Crippen LogP contribution in [0.1, 0.15) is 24.0 Å². The van der Waals surface area contributed by atoms with Gasteiger partial charge in [0.1, 0.15) is 0 Å². The van der Waals surface area contributed by atoms with Crippen molar-refractivity contribution >= 4 is 11.8 Å². The van der Waals surface area contributed by atoms with E-state index in [1.807, 2.05) is 11.8 Å². The van der Waals surface area contributed by atoms with Crippen LogP contribution in [0.25, 0.3) is 0 Å². The van der Waals surface area contributed by atoms with Gasteiger partial charge < -0.3 is 4.74 Å². The van der Waals surface area contributed by atoms with Gasteiger partial charge in [-0.25, -0.2) is 0 Å². The second-order valence-electron chi connectivity index (χ2n) is 6.33. The van der Waals surface area contributed by atoms with Crippen molar-refractivity contribution in [2.75, 3.05) is 32.8 Å². The van der Waals surface area contributed by atoms with Gasteiger partial charge in [0, 0.05) is 23.7 Å². The molecule has 3 rings (SSSR count). The van der Waals surface area contributed by atoms with Crippen molar-refractivity contribution in [3.05, 3.63) is 65.7 Å². The van der Waals surface area contributed by atoms with E-state index in [2.05, 4.69) is 59.5 Å². The molecule has 0 N–H and O–H groups in total. The maximum Gasteiger partial charge on any atom is 0.0594 e. The molecule has 2 nitrogen and oxygen atoms in total. The van der Waals surface area contributed by atoms with E-state index in [1.54, 1.807) is 0 Å². The van der Waals surface area contributed by atoms with Crippen molar-refractivity contribution in [3.63, 3.8) is 0 Å². The van der Waals surface area contributed by atoms with Gasteiger partial charge in [0.15, 0.2) is 0 Å². The summed E-state index contributed by atoms with van der Waals surface area (Å²) in [6, 6.07) is 19.8. The molecule has 1 aliphatic heterocycles. The Hall–Kier alpha value is -1.29. The van der Waals surface area contributed by atoms with Gasteiger partial charge in [-0.1, -0.05) is 42.5 Å². The number of nitrogens with zero attached hydrogens (tertiary/aromatic N) is 1. The Morgan fingerprint density at radius 2 is 1.54 bits per heavy atom. The average Bonchev–Trinajstić information content (AvgIpc) is 2.66. The number of aryl methyl sites for hydroxylation is 1. The van der Waals surface area contributed by atoms with Crippen LogP contribution in [0.3, 0.4) is 0 Å². The lowest BCUT2D eigenvalue weighted by atomic mass is 10.1. The minimum Gasteiger partial charge on any atom is -0.379 e. The second kappa shape index (κ2) is 9.87. The molecule has 0 saturated carbocycles. The van der Waals surface area contributed by atoms with Crippen LogP contribution in [0.4, 0.5) is 0 Å². The summed E-state index contributed by atoms with van der Waals surface area (Å²) in [5.41, 5.74) is 2.87. The van der Waals surface area contributed by atoms with E-state index < -0.39 is 0 Å². The summed E-state index contributed by atoms with van der Waals surface area (Å²) in [4.78, 5) is 3.86. The van der Waals surface area contributed by atoms with Crippen LogP contribution in [-0.2, 0) is 16.9 Å². The van der Waals surface area contributed by atoms with E-state index in [-0.39, 0.29) is 0 Å². The first kappa shape index (κ1) is 17.5. The third-order valence-corrected chi connectivity index (χ3v) is 5.55. The molecule has 3 heteroatoms. The lowest BCUT2D eigenvalue weighted by Gasteiger charge is -2.26. The molecule has 0 aliphatic carbocycles. The number of unbranched alkanes of at least 4 members (excludes halogenated alkanes) is 1. The van der Waals surface area contributed by atoms with Crippen molar-refractivity contribution in [2.45, 2.75) is 29.9 Å². The molecule has 0 amide bonds. The zero-order valence-corrected chi connectivity index (χ0v) is 15.1. The quantitative estimate of drug-likeness (QED) is 0.513. The van der Waals surface area contributed by atoms with Gasteiger partial charge in [-0.15, -0.1) is 11.8 Å². The van der Waals surface area contributed by atoms with Crippen LogP contribution in [0.15, 0.2) is 59.5 Å². The van der Waals surface area contributed by atoms with E-state index in [0.717, 1.165) is 32.1 Å². The molecule has 1 aliphatic rings. The first-order valence-electron chi connectivity index (χ1n) is 8.96. The van der Waals surface area contributed by atoms with Gasteiger partial charge in [-0.3, -0.25) is 4.90 Å². The highest BCUT2D eigenvalue weighted by Gasteiger charge is 2.09. The second-order valence-corrected chi connectivity index (χ2v) is 7.38. The minimum absolute atomic E-state index is 0.905. The van der Waals surface area contributed by atoms with Gasteiger partial charge in [0.25, 0.3) is 0 Å². The van der Waals surface area contributed by atoms with E-state index in [0.29, 0.717) is 0 Å². The number of hydrogen-bond acceptors (Lipinski definition) is 3. The van der Waals surface area contributed by atoms with Crippen molar-refractivity contribution in [1.82, 2.24) is 4.90 Å². The van der Waals surface area contributed by atoms with Gasteiger partial charge in [0.2, 0.25) is 0 Å². The van der Waals surface area contributed by atoms with Crippen molar-refractivity contribution in [1.29, 1.82) is 0 Å². The Balaban J connectivity index is 1.35. The van der Waals surface area contributed by atoms with Crippen LogP contribution in [0.2, 0.25) is 0 Å². The number of benzene rings is 2. The van der Waals surface area contributed by atoms with Gasteiger partial charge in [0.05, 0.1) is 13.2 Å². The molecule has 1 fully saturated rings. The Labute approximate surface area is 150 Å². The number of ether oxygens (including phenoxy) is 1. The summed E-state index contributed by atoms with van der Waals surface area (Å²) in [7, 11) is 0. The predicted molar refractivity (Wildman–Crippen MR) is 103 cm³/mol. The molecule has 2 aromatic rings. The predicted octanol–water partition coefficient (Wildman–Crippen LogP) is 4.63. The Morgan fingerprint density at radius 3 is 2.29 bits per heavy atom. The summed E-state index contributed by atoms with van der Waals surface area (Å²) in [5.74, 6) is 1.04. The largest absolute Gasteiger partial charge is 0.379 e. The topological polar surface area (TPSA) is 12.5 Å². The van der Waals surface area contributed by atoms with Crippen LogP contribution in [0, 0.1) is 0 Å². The Morgan fingerprint density at radius 1 is 0.833 bits per heavy atom. The molecule has 24 heavy (non-hydrogen) atoms. The lowest BCUT2D eigenvalue weighted by molar-refractivity contribution is 0.0372. The van der Waals surface area contributed by atoms with Gasteiger partial charge >= 0.3 is 0 Å². The number of hydrogen-bond donors (Lipinski definition) is 0. The summed E-state index contributed by atoms with van der Waals surface area (Å²) < 4.78 is 5.39. The smallest absolute Gasteiger partial charge is 0.0594 e. The molecule has 0 unspecified atom stereocenters. The molecular formula is C21H27NOS. The summed E-state index contributed by atoms with van der Waals surface area (Å²) in [5, 5.41) is 0. The summed E-state index contributed by atoms with van der Waals surface area (Å²) in [6.07, 6.45) is 3.75. The third kappa shape index (κ3) is 5.97. The number of rotatable bonds is 8. The minimum atomic E-state index is 0.905. The zero-order valence-electron chi connectivity index (χ0n) is 14.3. The molecule has 0 atom stereocenters. The molecule has 2 aromatic carbocycles. The van der Waals surface area contributed by atoms with Crippen LogP contribution in [-0.4, -0.2) is 37.7 Å². The fourth-order valence-electron chi connectivity index (χ4n) is 2.97. The molecule has 0 spiro atoms. The van der Waals surface area contributed by atoms with E-state index >= 15 is 0 Å². The first-order valence-corrected chi connectivity index (χ1v) is 9.94. The maximum absolute atomic E-state index is 5.39. The van der Waals surface area contributed by atoms with Crippen molar-refractivity contribution in [3.8, 4) is 0 Å². The highest BCUT2D eigenvalue weighted by atomic mass is 32.2.